The minimum Gasteiger partial charge on any atom is -0.329 e. The zero-order valence-electron chi connectivity index (χ0n) is 8.06. The van der Waals surface area contributed by atoms with Gasteiger partial charge in [-0.15, -0.1) is 0 Å². The maximum absolute atomic E-state index is 4.90. The molecule has 0 aliphatic rings. The molecule has 0 saturated heterocycles. The fourth-order valence-corrected chi connectivity index (χ4v) is 0. The second-order valence-corrected chi connectivity index (χ2v) is 1.73. The average Bonchev–Trinajstić information content (AvgIpc) is 2.18. The fourth-order valence-electron chi connectivity index (χ4n) is 0. The van der Waals surface area contributed by atoms with Gasteiger partial charge in [0.2, 0.25) is 0 Å². The van der Waals surface area contributed by atoms with E-state index in [4.69, 9.17) is 34.4 Å². The summed E-state index contributed by atoms with van der Waals surface area (Å²) in [5, 5.41) is 0. The molecule has 0 heterocycles. The molecular formula is C6H24N6Ru+3. The van der Waals surface area contributed by atoms with Crippen molar-refractivity contribution in [2.24, 2.45) is 34.4 Å². The number of hydrogen-bond donors (Lipinski definition) is 6. The third-order valence-corrected chi connectivity index (χ3v) is 0.500. The zero-order valence-corrected chi connectivity index (χ0v) is 9.80. The molecule has 0 aromatic rings. The van der Waals surface area contributed by atoms with Crippen LogP contribution in [0.15, 0.2) is 0 Å². The van der Waals surface area contributed by atoms with E-state index in [1.54, 1.807) is 0 Å². The van der Waals surface area contributed by atoms with Gasteiger partial charge < -0.3 is 34.4 Å². The quantitative estimate of drug-likeness (QED) is 0.298. The van der Waals surface area contributed by atoms with Crippen molar-refractivity contribution < 1.29 is 19.5 Å². The van der Waals surface area contributed by atoms with E-state index in [2.05, 4.69) is 0 Å². The molecule has 0 aliphatic carbocycles. The molecule has 0 aromatic heterocycles. The van der Waals surface area contributed by atoms with Crippen LogP contribution in [-0.2, 0) is 19.5 Å². The summed E-state index contributed by atoms with van der Waals surface area (Å²) in [5.74, 6) is 0. The normalized spacial score (nSPS) is 6.92. The first-order valence-corrected chi connectivity index (χ1v) is 3.95. The Morgan fingerprint density at radius 1 is 0.385 bits per heavy atom. The van der Waals surface area contributed by atoms with Gasteiger partial charge in [0.1, 0.15) is 0 Å². The molecule has 0 saturated carbocycles. The molecule has 0 aliphatic heterocycles. The van der Waals surface area contributed by atoms with E-state index in [1.807, 2.05) is 0 Å². The van der Waals surface area contributed by atoms with Crippen molar-refractivity contribution in [3.05, 3.63) is 0 Å². The van der Waals surface area contributed by atoms with Gasteiger partial charge in [-0.05, 0) is 0 Å². The summed E-state index contributed by atoms with van der Waals surface area (Å²) in [6.07, 6.45) is 0. The van der Waals surface area contributed by atoms with Gasteiger partial charge in [0, 0.05) is 39.3 Å². The summed E-state index contributed by atoms with van der Waals surface area (Å²) in [6, 6.07) is 0. The first kappa shape index (κ1) is 23.3. The summed E-state index contributed by atoms with van der Waals surface area (Å²) < 4.78 is 0. The predicted molar refractivity (Wildman–Crippen MR) is 54.3 cm³/mol. The Bertz CT molecular complexity index is 32.6. The first-order valence-electron chi connectivity index (χ1n) is 3.95. The molecule has 83 valence electrons. The third-order valence-electron chi connectivity index (χ3n) is 0.500. The van der Waals surface area contributed by atoms with E-state index >= 15 is 0 Å². The summed E-state index contributed by atoms with van der Waals surface area (Å²) in [5.41, 5.74) is 29.4. The summed E-state index contributed by atoms with van der Waals surface area (Å²) >= 11 is 0. The van der Waals surface area contributed by atoms with Crippen molar-refractivity contribution in [1.82, 2.24) is 0 Å². The van der Waals surface area contributed by atoms with Gasteiger partial charge in [0.05, 0.1) is 0 Å². The van der Waals surface area contributed by atoms with E-state index in [1.165, 1.54) is 0 Å². The van der Waals surface area contributed by atoms with Crippen LogP contribution in [0.3, 0.4) is 0 Å². The van der Waals surface area contributed by atoms with Crippen LogP contribution in [-0.4, -0.2) is 39.3 Å². The van der Waals surface area contributed by atoms with E-state index in [9.17, 15) is 0 Å². The smallest absolute Gasteiger partial charge is 0.329 e. The maximum atomic E-state index is 4.90. The number of nitrogens with two attached hydrogens (primary N) is 6. The molecule has 0 atom stereocenters. The molecule has 1 radical (unpaired) electrons. The van der Waals surface area contributed by atoms with Gasteiger partial charge in [0.25, 0.3) is 0 Å². The van der Waals surface area contributed by atoms with Crippen LogP contribution >= 0.6 is 0 Å². The Hall–Kier alpha value is 0.383. The van der Waals surface area contributed by atoms with Crippen LogP contribution in [0, 0.1) is 0 Å². The second-order valence-electron chi connectivity index (χ2n) is 1.73. The topological polar surface area (TPSA) is 156 Å². The molecule has 0 spiro atoms. The average molecular weight is 281 g/mol. The number of hydrogen-bond acceptors (Lipinski definition) is 6. The third kappa shape index (κ3) is 117. The Kier molecular flexibility index (Phi) is 70.6. The minimum absolute atomic E-state index is 0. The maximum Gasteiger partial charge on any atom is 3.00 e. The van der Waals surface area contributed by atoms with Gasteiger partial charge in [-0.1, -0.05) is 0 Å². The van der Waals surface area contributed by atoms with Crippen molar-refractivity contribution in [3.63, 3.8) is 0 Å². The predicted octanol–water partition coefficient (Wildman–Crippen LogP) is -3.29. The minimum atomic E-state index is 0. The summed E-state index contributed by atoms with van der Waals surface area (Å²) in [4.78, 5) is 0. The van der Waals surface area contributed by atoms with Gasteiger partial charge in [-0.3, -0.25) is 0 Å². The molecule has 0 unspecified atom stereocenters. The molecule has 7 heteroatoms. The van der Waals surface area contributed by atoms with Crippen molar-refractivity contribution >= 4 is 0 Å². The van der Waals surface area contributed by atoms with Crippen LogP contribution in [0.5, 0.6) is 0 Å². The fraction of sp³-hybridized carbons (Fsp3) is 1.00. The van der Waals surface area contributed by atoms with E-state index < -0.39 is 0 Å². The molecule has 0 rings (SSSR count). The van der Waals surface area contributed by atoms with Crippen LogP contribution in [0.25, 0.3) is 0 Å². The van der Waals surface area contributed by atoms with E-state index in [-0.39, 0.29) is 19.5 Å². The van der Waals surface area contributed by atoms with Crippen LogP contribution in [0.4, 0.5) is 0 Å². The van der Waals surface area contributed by atoms with Crippen LogP contribution in [0.1, 0.15) is 0 Å². The Labute approximate surface area is 93.5 Å². The van der Waals surface area contributed by atoms with E-state index in [0.29, 0.717) is 39.3 Å². The summed E-state index contributed by atoms with van der Waals surface area (Å²) in [7, 11) is 0. The van der Waals surface area contributed by atoms with Crippen LogP contribution < -0.4 is 34.4 Å². The van der Waals surface area contributed by atoms with E-state index in [0.717, 1.165) is 0 Å². The molecule has 6 nitrogen and oxygen atoms in total. The monoisotopic (exact) mass is 282 g/mol. The molecule has 0 bridgehead atoms. The van der Waals surface area contributed by atoms with Gasteiger partial charge >= 0.3 is 19.5 Å². The first-order chi connectivity index (χ1) is 5.74. The Morgan fingerprint density at radius 2 is 0.462 bits per heavy atom. The van der Waals surface area contributed by atoms with Gasteiger partial charge in [0.15, 0.2) is 0 Å². The number of rotatable bonds is 3. The van der Waals surface area contributed by atoms with Crippen molar-refractivity contribution in [3.8, 4) is 0 Å². The molecular weight excluding hydrogens is 257 g/mol. The zero-order chi connectivity index (χ0) is 10.2. The summed E-state index contributed by atoms with van der Waals surface area (Å²) in [6.45, 7) is 3.58. The SMILES string of the molecule is NCCN.NCCN.NCCN.[Ru+3]. The van der Waals surface area contributed by atoms with Crippen molar-refractivity contribution in [1.29, 1.82) is 0 Å². The van der Waals surface area contributed by atoms with Crippen LogP contribution in [0.2, 0.25) is 0 Å². The van der Waals surface area contributed by atoms with Crippen molar-refractivity contribution in [2.45, 2.75) is 0 Å². The largest absolute Gasteiger partial charge is 3.00 e. The second kappa shape index (κ2) is 39.4. The van der Waals surface area contributed by atoms with Crippen molar-refractivity contribution in [2.75, 3.05) is 39.3 Å². The molecule has 0 aromatic carbocycles. The standard InChI is InChI=1S/3C2H8N2.Ru/c3*3-1-2-4;/h3*1-4H2;/q;;;+3. The Morgan fingerprint density at radius 3 is 0.462 bits per heavy atom. The molecule has 0 amide bonds. The Balaban J connectivity index is -0.0000000450. The van der Waals surface area contributed by atoms with Gasteiger partial charge in [-0.2, -0.15) is 0 Å². The molecule has 13 heavy (non-hydrogen) atoms. The van der Waals surface area contributed by atoms with Gasteiger partial charge in [-0.25, -0.2) is 0 Å². The molecule has 0 fully saturated rings. The molecule has 12 N–H and O–H groups in total.